The highest BCUT2D eigenvalue weighted by molar-refractivity contribution is 5.61. The van der Waals surface area contributed by atoms with Crippen LogP contribution < -0.4 is 4.90 Å². The maximum Gasteiger partial charge on any atom is 0.333 e. The number of aryl methyl sites for hydroxylation is 2. The highest BCUT2D eigenvalue weighted by Gasteiger charge is 2.34. The normalized spacial score (nSPS) is 21.4. The van der Waals surface area contributed by atoms with Crippen LogP contribution >= 0.6 is 0 Å². The van der Waals surface area contributed by atoms with E-state index in [9.17, 15) is 10.1 Å². The Hall–Kier alpha value is -2.41. The minimum atomic E-state index is -0.352. The first-order chi connectivity index (χ1) is 11.0. The number of ether oxygens (including phenoxy) is 1. The molecule has 1 aliphatic heterocycles. The summed E-state index contributed by atoms with van der Waals surface area (Å²) in [5.74, 6) is 0.545. The van der Waals surface area contributed by atoms with Crippen LogP contribution in [0.5, 0.6) is 0 Å². The van der Waals surface area contributed by atoms with Gasteiger partial charge in [0, 0.05) is 13.6 Å². The minimum Gasteiger partial charge on any atom is -0.367 e. The van der Waals surface area contributed by atoms with Crippen molar-refractivity contribution in [1.29, 1.82) is 0 Å². The van der Waals surface area contributed by atoms with Gasteiger partial charge in [-0.05, 0) is 19.4 Å². The van der Waals surface area contributed by atoms with Crippen LogP contribution in [-0.2, 0) is 11.8 Å². The van der Waals surface area contributed by atoms with Crippen LogP contribution in [0.15, 0.2) is 30.3 Å². The molecule has 3 rings (SSSR count). The second-order valence-electron chi connectivity index (χ2n) is 5.89. The topological polar surface area (TPSA) is 73.4 Å². The largest absolute Gasteiger partial charge is 0.367 e. The number of rotatable bonds is 3. The van der Waals surface area contributed by atoms with Crippen LogP contribution in [0, 0.1) is 17.0 Å². The van der Waals surface area contributed by atoms with Gasteiger partial charge in [-0.25, -0.2) is 4.68 Å². The smallest absolute Gasteiger partial charge is 0.333 e. The fourth-order valence-electron chi connectivity index (χ4n) is 3.18. The van der Waals surface area contributed by atoms with Gasteiger partial charge < -0.3 is 9.64 Å². The average Bonchev–Trinajstić information content (AvgIpc) is 2.82. The maximum atomic E-state index is 11.4. The van der Waals surface area contributed by atoms with Crippen molar-refractivity contribution in [2.24, 2.45) is 7.05 Å². The summed E-state index contributed by atoms with van der Waals surface area (Å²) in [5, 5.41) is 15.6. The molecule has 0 bridgehead atoms. The molecule has 0 amide bonds. The predicted octanol–water partition coefficient (Wildman–Crippen LogP) is 2.60. The van der Waals surface area contributed by atoms with E-state index < -0.39 is 0 Å². The van der Waals surface area contributed by atoms with Crippen LogP contribution in [-0.4, -0.2) is 33.9 Å². The fraction of sp³-hybridized carbons (Fsp3) is 0.438. The number of anilines is 1. The molecule has 2 unspecified atom stereocenters. The zero-order valence-corrected chi connectivity index (χ0v) is 13.5. The zero-order chi connectivity index (χ0) is 16.6. The van der Waals surface area contributed by atoms with Gasteiger partial charge in [0.25, 0.3) is 0 Å². The quantitative estimate of drug-likeness (QED) is 0.643. The Morgan fingerprint density at radius 1 is 1.30 bits per heavy atom. The average molecular weight is 316 g/mol. The first-order valence-electron chi connectivity index (χ1n) is 7.60. The van der Waals surface area contributed by atoms with E-state index in [0.717, 1.165) is 5.56 Å². The molecule has 0 N–H and O–H groups in total. The van der Waals surface area contributed by atoms with Crippen molar-refractivity contribution in [2.45, 2.75) is 26.1 Å². The Labute approximate surface area is 134 Å². The van der Waals surface area contributed by atoms with Crippen molar-refractivity contribution < 1.29 is 9.66 Å². The second kappa shape index (κ2) is 6.00. The molecule has 2 aromatic rings. The summed E-state index contributed by atoms with van der Waals surface area (Å²) in [6.45, 7) is 4.81. The van der Waals surface area contributed by atoms with Gasteiger partial charge in [-0.2, -0.15) is 5.10 Å². The predicted molar refractivity (Wildman–Crippen MR) is 86.5 cm³/mol. The van der Waals surface area contributed by atoms with E-state index in [1.165, 1.54) is 0 Å². The summed E-state index contributed by atoms with van der Waals surface area (Å²) < 4.78 is 7.62. The van der Waals surface area contributed by atoms with Crippen LogP contribution in [0.2, 0.25) is 0 Å². The SMILES string of the molecule is Cc1nn(C)c(N2CC(C)OC(c3ccccc3)C2)c1[N+](=O)[O-]. The molecular weight excluding hydrogens is 296 g/mol. The molecule has 1 aliphatic rings. The molecule has 0 radical (unpaired) electrons. The Morgan fingerprint density at radius 3 is 2.65 bits per heavy atom. The third-order valence-corrected chi connectivity index (χ3v) is 4.07. The first kappa shape index (κ1) is 15.5. The summed E-state index contributed by atoms with van der Waals surface area (Å²) in [6, 6.07) is 9.94. The summed E-state index contributed by atoms with van der Waals surface area (Å²) in [5.41, 5.74) is 1.59. The highest BCUT2D eigenvalue weighted by atomic mass is 16.6. The van der Waals surface area contributed by atoms with E-state index in [2.05, 4.69) is 5.10 Å². The van der Waals surface area contributed by atoms with Crippen molar-refractivity contribution >= 4 is 11.5 Å². The lowest BCUT2D eigenvalue weighted by Crippen LogP contribution is -2.44. The summed E-state index contributed by atoms with van der Waals surface area (Å²) in [6.07, 6.45) is -0.140. The first-order valence-corrected chi connectivity index (χ1v) is 7.60. The van der Waals surface area contributed by atoms with Crippen molar-refractivity contribution in [2.75, 3.05) is 18.0 Å². The van der Waals surface area contributed by atoms with E-state index in [1.807, 2.05) is 42.2 Å². The van der Waals surface area contributed by atoms with E-state index in [4.69, 9.17) is 4.74 Å². The van der Waals surface area contributed by atoms with Crippen molar-refractivity contribution in [3.63, 3.8) is 0 Å². The molecule has 1 saturated heterocycles. The molecular formula is C16H20N4O3. The van der Waals surface area contributed by atoms with Gasteiger partial charge in [-0.15, -0.1) is 0 Å². The second-order valence-corrected chi connectivity index (χ2v) is 5.89. The van der Waals surface area contributed by atoms with E-state index in [-0.39, 0.29) is 22.8 Å². The Bertz CT molecular complexity index is 714. The fourth-order valence-corrected chi connectivity index (χ4v) is 3.18. The van der Waals surface area contributed by atoms with E-state index in [0.29, 0.717) is 24.6 Å². The molecule has 1 fully saturated rings. The standard InChI is InChI=1S/C16H20N4O3/c1-11-9-19(10-14(23-11)13-7-5-4-6-8-13)16-15(20(21)22)12(2)17-18(16)3/h4-8,11,14H,9-10H2,1-3H3. The Morgan fingerprint density at radius 2 is 2.00 bits per heavy atom. The lowest BCUT2D eigenvalue weighted by Gasteiger charge is -2.37. The summed E-state index contributed by atoms with van der Waals surface area (Å²) in [7, 11) is 1.74. The lowest BCUT2D eigenvalue weighted by molar-refractivity contribution is -0.384. The molecule has 1 aromatic heterocycles. The molecule has 23 heavy (non-hydrogen) atoms. The number of aromatic nitrogens is 2. The number of hydrogen-bond donors (Lipinski definition) is 0. The molecule has 2 atom stereocenters. The molecule has 0 saturated carbocycles. The molecule has 7 nitrogen and oxygen atoms in total. The Balaban J connectivity index is 1.96. The van der Waals surface area contributed by atoms with Crippen molar-refractivity contribution in [3.05, 3.63) is 51.7 Å². The minimum absolute atomic E-state index is 0.0243. The molecule has 0 aliphatic carbocycles. The van der Waals surface area contributed by atoms with Crippen LogP contribution in [0.3, 0.4) is 0 Å². The molecule has 2 heterocycles. The maximum absolute atomic E-state index is 11.4. The van der Waals surface area contributed by atoms with Crippen LogP contribution in [0.4, 0.5) is 11.5 Å². The number of nitrogens with zero attached hydrogens (tertiary/aromatic N) is 4. The Kier molecular flexibility index (Phi) is 4.04. The molecule has 7 heteroatoms. The lowest BCUT2D eigenvalue weighted by atomic mass is 10.1. The van der Waals surface area contributed by atoms with E-state index in [1.54, 1.807) is 18.7 Å². The zero-order valence-electron chi connectivity index (χ0n) is 13.5. The van der Waals surface area contributed by atoms with Crippen molar-refractivity contribution in [1.82, 2.24) is 9.78 Å². The summed E-state index contributed by atoms with van der Waals surface area (Å²) >= 11 is 0. The van der Waals surface area contributed by atoms with Crippen LogP contribution in [0.25, 0.3) is 0 Å². The summed E-state index contributed by atoms with van der Waals surface area (Å²) in [4.78, 5) is 13.1. The van der Waals surface area contributed by atoms with Gasteiger partial charge in [-0.3, -0.25) is 10.1 Å². The number of morpholine rings is 1. The van der Waals surface area contributed by atoms with Crippen molar-refractivity contribution in [3.8, 4) is 0 Å². The molecule has 0 spiro atoms. The molecule has 1 aromatic carbocycles. The third kappa shape index (κ3) is 2.92. The third-order valence-electron chi connectivity index (χ3n) is 4.07. The molecule has 122 valence electrons. The van der Waals surface area contributed by atoms with Gasteiger partial charge in [0.15, 0.2) is 0 Å². The highest BCUT2D eigenvalue weighted by Crippen LogP contribution is 2.35. The number of benzene rings is 1. The van der Waals surface area contributed by atoms with Gasteiger partial charge in [0.1, 0.15) is 11.8 Å². The van der Waals surface area contributed by atoms with Gasteiger partial charge >= 0.3 is 5.69 Å². The van der Waals surface area contributed by atoms with Gasteiger partial charge in [-0.1, -0.05) is 30.3 Å². The number of hydrogen-bond acceptors (Lipinski definition) is 5. The van der Waals surface area contributed by atoms with Gasteiger partial charge in [0.2, 0.25) is 5.82 Å². The van der Waals surface area contributed by atoms with Crippen LogP contribution in [0.1, 0.15) is 24.3 Å². The monoisotopic (exact) mass is 316 g/mol. The van der Waals surface area contributed by atoms with E-state index >= 15 is 0 Å². The van der Waals surface area contributed by atoms with Gasteiger partial charge in [0.05, 0.1) is 17.6 Å². The number of nitro groups is 1.